The molecule has 0 saturated carbocycles. The lowest BCUT2D eigenvalue weighted by molar-refractivity contribution is 0.00806. The molecule has 2 aromatic carbocycles. The van der Waals surface area contributed by atoms with Crippen LogP contribution in [0.4, 0.5) is 0 Å². The van der Waals surface area contributed by atoms with E-state index >= 15 is 0 Å². The molecular weight excluding hydrogens is 639 g/mol. The maximum atomic E-state index is 14.0. The third-order valence-electron chi connectivity index (χ3n) is 8.63. The third-order valence-corrected chi connectivity index (χ3v) is 10.0. The van der Waals surface area contributed by atoms with Crippen LogP contribution in [0.1, 0.15) is 50.6 Å². The lowest BCUT2D eigenvalue weighted by atomic mass is 9.89. The van der Waals surface area contributed by atoms with E-state index in [1.54, 1.807) is 23.0 Å². The van der Waals surface area contributed by atoms with Crippen LogP contribution in [0.15, 0.2) is 53.4 Å². The fourth-order valence-corrected chi connectivity index (χ4v) is 7.40. The Hall–Kier alpha value is -3.21. The summed E-state index contributed by atoms with van der Waals surface area (Å²) in [7, 11) is 0. The molecule has 3 aliphatic rings. The average molecular weight is 668 g/mol. The fourth-order valence-electron chi connectivity index (χ4n) is 6.26. The Balaban J connectivity index is 1.12. The normalized spacial score (nSPS) is 18.4. The average Bonchev–Trinajstić information content (AvgIpc) is 3.67. The predicted octanol–water partition coefficient (Wildman–Crippen LogP) is 6.45. The Bertz CT molecular complexity index is 1740. The van der Waals surface area contributed by atoms with E-state index in [2.05, 4.69) is 16.0 Å². The first-order chi connectivity index (χ1) is 21.4. The third kappa shape index (κ3) is 5.68. The molecule has 1 aliphatic carbocycles. The number of aromatic nitrogens is 3. The van der Waals surface area contributed by atoms with E-state index in [9.17, 15) is 9.59 Å². The second-order valence-electron chi connectivity index (χ2n) is 11.3. The molecule has 0 spiro atoms. The summed E-state index contributed by atoms with van der Waals surface area (Å²) in [5, 5.41) is 8.40. The second-order valence-corrected chi connectivity index (χ2v) is 13.3. The van der Waals surface area contributed by atoms with Gasteiger partial charge in [-0.1, -0.05) is 46.9 Å². The molecule has 4 heterocycles. The van der Waals surface area contributed by atoms with Crippen molar-refractivity contribution in [2.24, 2.45) is 0 Å². The summed E-state index contributed by atoms with van der Waals surface area (Å²) >= 11 is 20.5. The minimum atomic E-state index is -0.0635. The highest BCUT2D eigenvalue weighted by molar-refractivity contribution is 7.07. The van der Waals surface area contributed by atoms with Crippen LogP contribution in [0.25, 0.3) is 17.3 Å². The standard InChI is InChI=1S/C32H29Cl3N6O2S/c33-22-6-4-20(5-7-22)14-21-2-1-3-25-29(37-41(30(21)25)28-9-8-23(34)15-26(28)35)32(43)40-16-24(17-40)38-10-12-39(13-11-38)31(42)27-18-44-19-36-27/h4-9,14-15,18-19,24H,1-3,10-13,16-17H2/b21-14+. The maximum absolute atomic E-state index is 14.0. The van der Waals surface area contributed by atoms with Gasteiger partial charge in [-0.05, 0) is 66.8 Å². The summed E-state index contributed by atoms with van der Waals surface area (Å²) in [5.41, 5.74) is 7.34. The molecule has 0 unspecified atom stereocenters. The van der Waals surface area contributed by atoms with Crippen LogP contribution in [0.5, 0.6) is 0 Å². The SMILES string of the molecule is O=C(c1cscn1)N1CCN(C2CN(C(=O)c3nn(-c4ccc(Cl)cc4Cl)c4c3CCC/C4=C\c3ccc(Cl)cc3)C2)CC1. The molecule has 2 aliphatic heterocycles. The van der Waals surface area contributed by atoms with E-state index in [-0.39, 0.29) is 17.9 Å². The smallest absolute Gasteiger partial charge is 0.274 e. The highest BCUT2D eigenvalue weighted by atomic mass is 35.5. The number of carbonyl (C=O) groups is 2. The van der Waals surface area contributed by atoms with Gasteiger partial charge >= 0.3 is 0 Å². The first kappa shape index (κ1) is 29.5. The molecule has 12 heteroatoms. The van der Waals surface area contributed by atoms with Crippen LogP contribution >= 0.6 is 46.1 Å². The van der Waals surface area contributed by atoms with Crippen LogP contribution in [-0.4, -0.2) is 86.6 Å². The molecule has 2 fully saturated rings. The highest BCUT2D eigenvalue weighted by Gasteiger charge is 2.40. The number of amides is 2. The summed E-state index contributed by atoms with van der Waals surface area (Å²) in [6.07, 6.45) is 4.66. The number of fused-ring (bicyclic) bond motifs is 1. The second kappa shape index (κ2) is 12.3. The summed E-state index contributed by atoms with van der Waals surface area (Å²) in [5.74, 6) is -0.0756. The first-order valence-electron chi connectivity index (χ1n) is 14.6. The predicted molar refractivity (Wildman–Crippen MR) is 175 cm³/mol. The Kier molecular flexibility index (Phi) is 8.24. The highest BCUT2D eigenvalue weighted by Crippen LogP contribution is 2.38. The number of rotatable bonds is 5. The first-order valence-corrected chi connectivity index (χ1v) is 16.7. The fraction of sp³-hybridized carbons (Fsp3) is 0.312. The van der Waals surface area contributed by atoms with E-state index in [0.29, 0.717) is 58.3 Å². The zero-order valence-corrected chi connectivity index (χ0v) is 26.8. The van der Waals surface area contributed by atoms with Crippen molar-refractivity contribution in [2.75, 3.05) is 39.3 Å². The number of thiazole rings is 1. The van der Waals surface area contributed by atoms with E-state index in [4.69, 9.17) is 39.9 Å². The molecule has 8 nitrogen and oxygen atoms in total. The van der Waals surface area contributed by atoms with E-state index < -0.39 is 0 Å². The zero-order chi connectivity index (χ0) is 30.4. The number of carbonyl (C=O) groups excluding carboxylic acids is 2. The van der Waals surface area contributed by atoms with Crippen molar-refractivity contribution >= 4 is 69.6 Å². The van der Waals surface area contributed by atoms with Gasteiger partial charge in [0.15, 0.2) is 5.69 Å². The Morgan fingerprint density at radius 1 is 0.886 bits per heavy atom. The summed E-state index contributed by atoms with van der Waals surface area (Å²) in [6.45, 7) is 4.14. The summed E-state index contributed by atoms with van der Waals surface area (Å²) in [4.78, 5) is 36.9. The van der Waals surface area contributed by atoms with Crippen molar-refractivity contribution in [3.05, 3.63) is 96.6 Å². The van der Waals surface area contributed by atoms with Crippen LogP contribution in [0.2, 0.25) is 15.1 Å². The number of benzene rings is 2. The van der Waals surface area contributed by atoms with Gasteiger partial charge in [-0.15, -0.1) is 11.3 Å². The van der Waals surface area contributed by atoms with Gasteiger partial charge < -0.3 is 9.80 Å². The van der Waals surface area contributed by atoms with Crippen LogP contribution in [0, 0.1) is 0 Å². The Labute approximate surface area is 274 Å². The van der Waals surface area contributed by atoms with Gasteiger partial charge in [0, 0.05) is 66.3 Å². The lowest BCUT2D eigenvalue weighted by Gasteiger charge is -2.47. The van der Waals surface area contributed by atoms with E-state index in [1.807, 2.05) is 44.8 Å². The molecule has 2 aromatic heterocycles. The van der Waals surface area contributed by atoms with Gasteiger partial charge in [0.05, 0.1) is 21.9 Å². The van der Waals surface area contributed by atoms with Gasteiger partial charge in [-0.3, -0.25) is 14.5 Å². The molecule has 0 N–H and O–H groups in total. The van der Waals surface area contributed by atoms with Crippen LogP contribution in [-0.2, 0) is 6.42 Å². The minimum absolute atomic E-state index is 0.0121. The summed E-state index contributed by atoms with van der Waals surface area (Å²) in [6, 6.07) is 13.3. The van der Waals surface area contributed by atoms with Gasteiger partial charge in [0.1, 0.15) is 5.69 Å². The topological polar surface area (TPSA) is 74.6 Å². The molecule has 0 radical (unpaired) electrons. The lowest BCUT2D eigenvalue weighted by Crippen LogP contribution is -2.64. The van der Waals surface area contributed by atoms with Gasteiger partial charge in [-0.2, -0.15) is 5.10 Å². The van der Waals surface area contributed by atoms with Crippen LogP contribution in [0.3, 0.4) is 0 Å². The number of hydrogen-bond acceptors (Lipinski definition) is 6. The molecule has 4 aromatic rings. The van der Waals surface area contributed by atoms with Crippen molar-refractivity contribution in [3.8, 4) is 5.69 Å². The van der Waals surface area contributed by atoms with Crippen molar-refractivity contribution in [3.63, 3.8) is 0 Å². The molecule has 2 amide bonds. The number of halogens is 3. The molecule has 7 rings (SSSR count). The quantitative estimate of drug-likeness (QED) is 0.245. The van der Waals surface area contributed by atoms with Crippen molar-refractivity contribution in [1.82, 2.24) is 29.5 Å². The van der Waals surface area contributed by atoms with Crippen LogP contribution < -0.4 is 0 Å². The monoisotopic (exact) mass is 666 g/mol. The Morgan fingerprint density at radius 3 is 2.34 bits per heavy atom. The van der Waals surface area contributed by atoms with Gasteiger partial charge in [0.2, 0.25) is 0 Å². The molecular formula is C32H29Cl3N6O2S. The van der Waals surface area contributed by atoms with Gasteiger partial charge in [0.25, 0.3) is 11.8 Å². The zero-order valence-electron chi connectivity index (χ0n) is 23.8. The van der Waals surface area contributed by atoms with Gasteiger partial charge in [-0.25, -0.2) is 9.67 Å². The molecule has 2 saturated heterocycles. The van der Waals surface area contributed by atoms with Crippen molar-refractivity contribution in [1.29, 1.82) is 0 Å². The molecule has 226 valence electrons. The van der Waals surface area contributed by atoms with Crippen molar-refractivity contribution in [2.45, 2.75) is 25.3 Å². The number of likely N-dealkylation sites (tertiary alicyclic amines) is 1. The molecule has 0 bridgehead atoms. The maximum Gasteiger partial charge on any atom is 0.274 e. The van der Waals surface area contributed by atoms with E-state index in [1.165, 1.54) is 11.3 Å². The number of piperazine rings is 1. The number of nitrogens with zero attached hydrogens (tertiary/aromatic N) is 6. The Morgan fingerprint density at radius 2 is 1.64 bits per heavy atom. The largest absolute Gasteiger partial charge is 0.335 e. The van der Waals surface area contributed by atoms with E-state index in [0.717, 1.165) is 54.7 Å². The minimum Gasteiger partial charge on any atom is -0.335 e. The number of hydrogen-bond donors (Lipinski definition) is 0. The molecule has 0 atom stereocenters. The molecule has 44 heavy (non-hydrogen) atoms. The summed E-state index contributed by atoms with van der Waals surface area (Å²) < 4.78 is 1.82. The van der Waals surface area contributed by atoms with Crippen molar-refractivity contribution < 1.29 is 9.59 Å². The number of allylic oxidation sites excluding steroid dienone is 1.